The van der Waals surface area contributed by atoms with Crippen LogP contribution in [0, 0.1) is 22.9 Å². The van der Waals surface area contributed by atoms with Crippen molar-refractivity contribution in [1.29, 1.82) is 0 Å². The Labute approximate surface area is 136 Å². The molecule has 6 nitrogen and oxygen atoms in total. The van der Waals surface area contributed by atoms with Crippen molar-refractivity contribution in [3.8, 4) is 5.75 Å². The van der Waals surface area contributed by atoms with Gasteiger partial charge in [-0.05, 0) is 30.7 Å². The van der Waals surface area contributed by atoms with Crippen LogP contribution >= 0.6 is 11.6 Å². The SMILES string of the molecule is Cc1c(Cl)cccc1NC(=O)COc1cc(F)ccc1[N+](=O)[O-]. The third-order valence-corrected chi connectivity index (χ3v) is 3.43. The van der Waals surface area contributed by atoms with Gasteiger partial charge in [-0.1, -0.05) is 17.7 Å². The average Bonchev–Trinajstić information content (AvgIpc) is 2.49. The number of ether oxygens (including phenoxy) is 1. The second kappa shape index (κ2) is 7.06. The Hall–Kier alpha value is -2.67. The smallest absolute Gasteiger partial charge is 0.311 e. The fourth-order valence-corrected chi connectivity index (χ4v) is 2.00. The summed E-state index contributed by atoms with van der Waals surface area (Å²) < 4.78 is 18.2. The van der Waals surface area contributed by atoms with Gasteiger partial charge in [-0.15, -0.1) is 0 Å². The largest absolute Gasteiger partial charge is 0.477 e. The number of halogens is 2. The number of nitro benzene ring substituents is 1. The van der Waals surface area contributed by atoms with Crippen LogP contribution in [0.25, 0.3) is 0 Å². The topological polar surface area (TPSA) is 81.5 Å². The summed E-state index contributed by atoms with van der Waals surface area (Å²) in [6.45, 7) is 1.23. The van der Waals surface area contributed by atoms with E-state index in [2.05, 4.69) is 5.32 Å². The van der Waals surface area contributed by atoms with E-state index in [-0.39, 0.29) is 5.75 Å². The highest BCUT2D eigenvalue weighted by atomic mass is 35.5. The van der Waals surface area contributed by atoms with E-state index in [1.807, 2.05) is 0 Å². The number of nitrogens with one attached hydrogen (secondary N) is 1. The van der Waals surface area contributed by atoms with Crippen molar-refractivity contribution in [2.24, 2.45) is 0 Å². The molecule has 0 atom stereocenters. The van der Waals surface area contributed by atoms with E-state index in [0.717, 1.165) is 18.2 Å². The number of hydrogen-bond donors (Lipinski definition) is 1. The van der Waals surface area contributed by atoms with Crippen LogP contribution in [-0.4, -0.2) is 17.4 Å². The van der Waals surface area contributed by atoms with Crippen LogP contribution < -0.4 is 10.1 Å². The predicted molar refractivity (Wildman–Crippen MR) is 83.4 cm³/mol. The van der Waals surface area contributed by atoms with Crippen molar-refractivity contribution < 1.29 is 18.8 Å². The highest BCUT2D eigenvalue weighted by Crippen LogP contribution is 2.27. The molecular formula is C15H12ClFN2O4. The van der Waals surface area contributed by atoms with Crippen molar-refractivity contribution in [3.05, 3.63) is 62.9 Å². The molecular weight excluding hydrogens is 327 g/mol. The maximum absolute atomic E-state index is 13.2. The lowest BCUT2D eigenvalue weighted by Crippen LogP contribution is -2.21. The molecule has 0 bridgehead atoms. The van der Waals surface area contributed by atoms with Gasteiger partial charge in [0, 0.05) is 22.8 Å². The van der Waals surface area contributed by atoms with Gasteiger partial charge >= 0.3 is 5.69 Å². The summed E-state index contributed by atoms with van der Waals surface area (Å²) in [5, 5.41) is 13.9. The Morgan fingerprint density at radius 1 is 1.39 bits per heavy atom. The fourth-order valence-electron chi connectivity index (χ4n) is 1.83. The lowest BCUT2D eigenvalue weighted by atomic mass is 10.2. The van der Waals surface area contributed by atoms with E-state index in [1.54, 1.807) is 25.1 Å². The minimum atomic E-state index is -0.714. The molecule has 1 N–H and O–H groups in total. The predicted octanol–water partition coefficient (Wildman–Crippen LogP) is 3.71. The number of nitrogens with zero attached hydrogens (tertiary/aromatic N) is 1. The maximum Gasteiger partial charge on any atom is 0.311 e. The van der Waals surface area contributed by atoms with Gasteiger partial charge in [-0.25, -0.2) is 4.39 Å². The number of anilines is 1. The third kappa shape index (κ3) is 4.17. The van der Waals surface area contributed by atoms with Crippen LogP contribution in [0.4, 0.5) is 15.8 Å². The van der Waals surface area contributed by atoms with Gasteiger partial charge in [0.25, 0.3) is 5.91 Å². The van der Waals surface area contributed by atoms with Gasteiger partial charge in [0.05, 0.1) is 4.92 Å². The Balaban J connectivity index is 2.06. The Morgan fingerprint density at radius 3 is 2.83 bits per heavy atom. The summed E-state index contributed by atoms with van der Waals surface area (Å²) in [4.78, 5) is 22.0. The van der Waals surface area contributed by atoms with E-state index in [9.17, 15) is 19.3 Å². The molecule has 2 aromatic carbocycles. The van der Waals surface area contributed by atoms with E-state index in [0.29, 0.717) is 16.3 Å². The first-order chi connectivity index (χ1) is 10.9. The number of hydrogen-bond acceptors (Lipinski definition) is 4. The molecule has 0 saturated carbocycles. The second-order valence-electron chi connectivity index (χ2n) is 4.62. The van der Waals surface area contributed by atoms with Crippen molar-refractivity contribution >= 4 is 28.9 Å². The van der Waals surface area contributed by atoms with Gasteiger partial charge in [0.1, 0.15) is 5.82 Å². The molecule has 23 heavy (non-hydrogen) atoms. The molecule has 0 aliphatic carbocycles. The monoisotopic (exact) mass is 338 g/mol. The summed E-state index contributed by atoms with van der Waals surface area (Å²) >= 11 is 5.94. The Bertz CT molecular complexity index is 767. The number of carbonyl (C=O) groups is 1. The number of carbonyl (C=O) groups excluding carboxylic acids is 1. The molecule has 120 valence electrons. The van der Waals surface area contributed by atoms with Crippen LogP contribution in [0.1, 0.15) is 5.56 Å². The molecule has 0 aliphatic rings. The summed E-state index contributed by atoms with van der Waals surface area (Å²) in [5.41, 5.74) is 0.761. The van der Waals surface area contributed by atoms with Gasteiger partial charge in [-0.3, -0.25) is 14.9 Å². The second-order valence-corrected chi connectivity index (χ2v) is 5.03. The summed E-state index contributed by atoms with van der Waals surface area (Å²) in [7, 11) is 0. The van der Waals surface area contributed by atoms with Gasteiger partial charge < -0.3 is 10.1 Å². The van der Waals surface area contributed by atoms with Crippen LogP contribution in [-0.2, 0) is 4.79 Å². The zero-order valence-corrected chi connectivity index (χ0v) is 12.8. The van der Waals surface area contributed by atoms with E-state index < -0.39 is 28.9 Å². The number of benzene rings is 2. The Kier molecular flexibility index (Phi) is 5.13. The zero-order chi connectivity index (χ0) is 17.0. The highest BCUT2D eigenvalue weighted by Gasteiger charge is 2.17. The fraction of sp³-hybridized carbons (Fsp3) is 0.133. The highest BCUT2D eigenvalue weighted by molar-refractivity contribution is 6.31. The van der Waals surface area contributed by atoms with Gasteiger partial charge in [-0.2, -0.15) is 0 Å². The van der Waals surface area contributed by atoms with E-state index in [4.69, 9.17) is 16.3 Å². The lowest BCUT2D eigenvalue weighted by Gasteiger charge is -2.10. The number of amides is 1. The van der Waals surface area contributed by atoms with Crippen molar-refractivity contribution in [2.45, 2.75) is 6.92 Å². The van der Waals surface area contributed by atoms with Gasteiger partial charge in [0.2, 0.25) is 5.75 Å². The minimum absolute atomic E-state index is 0.312. The van der Waals surface area contributed by atoms with Crippen LogP contribution in [0.3, 0.4) is 0 Å². The first kappa shape index (κ1) is 16.7. The third-order valence-electron chi connectivity index (χ3n) is 3.02. The molecule has 8 heteroatoms. The number of rotatable bonds is 5. The van der Waals surface area contributed by atoms with Crippen molar-refractivity contribution in [1.82, 2.24) is 0 Å². The number of nitro groups is 1. The average molecular weight is 339 g/mol. The normalized spacial score (nSPS) is 10.2. The molecule has 0 unspecified atom stereocenters. The summed E-state index contributed by atoms with van der Waals surface area (Å²) in [5.74, 6) is -1.56. The Morgan fingerprint density at radius 2 is 2.13 bits per heavy atom. The first-order valence-corrected chi connectivity index (χ1v) is 6.88. The van der Waals surface area contributed by atoms with Crippen molar-refractivity contribution in [3.63, 3.8) is 0 Å². The molecule has 0 aliphatic heterocycles. The molecule has 0 spiro atoms. The quantitative estimate of drug-likeness (QED) is 0.665. The molecule has 0 heterocycles. The molecule has 1 amide bonds. The molecule has 0 fully saturated rings. The van der Waals surface area contributed by atoms with Crippen LogP contribution in [0.2, 0.25) is 5.02 Å². The van der Waals surface area contributed by atoms with Crippen LogP contribution in [0.5, 0.6) is 5.75 Å². The molecule has 2 rings (SSSR count). The van der Waals surface area contributed by atoms with Gasteiger partial charge in [0.15, 0.2) is 6.61 Å². The van der Waals surface area contributed by atoms with Crippen molar-refractivity contribution in [2.75, 3.05) is 11.9 Å². The summed E-state index contributed by atoms with van der Waals surface area (Å²) in [6.07, 6.45) is 0. The van der Waals surface area contributed by atoms with E-state index >= 15 is 0 Å². The standard InChI is InChI=1S/C15H12ClFN2O4/c1-9-11(16)3-2-4-12(9)18-15(20)8-23-14-7-10(17)5-6-13(14)19(21)22/h2-7H,8H2,1H3,(H,18,20). The molecule has 0 saturated heterocycles. The van der Waals surface area contributed by atoms with Crippen LogP contribution in [0.15, 0.2) is 36.4 Å². The lowest BCUT2D eigenvalue weighted by molar-refractivity contribution is -0.385. The first-order valence-electron chi connectivity index (χ1n) is 6.50. The maximum atomic E-state index is 13.2. The zero-order valence-electron chi connectivity index (χ0n) is 12.0. The summed E-state index contributed by atoms with van der Waals surface area (Å²) in [6, 6.07) is 7.78. The molecule has 0 aromatic heterocycles. The minimum Gasteiger partial charge on any atom is -0.477 e. The molecule has 0 radical (unpaired) electrons. The molecule has 2 aromatic rings. The van der Waals surface area contributed by atoms with E-state index in [1.165, 1.54) is 0 Å².